The molecule has 4 aromatic rings. The number of ether oxygens (including phenoxy) is 1. The van der Waals surface area contributed by atoms with Gasteiger partial charge in [0.15, 0.2) is 0 Å². The van der Waals surface area contributed by atoms with Crippen LogP contribution in [0.2, 0.25) is 0 Å². The summed E-state index contributed by atoms with van der Waals surface area (Å²) in [4.78, 5) is 45.4. The second kappa shape index (κ2) is 12.9. The summed E-state index contributed by atoms with van der Waals surface area (Å²) >= 11 is 0. The Bertz CT molecular complexity index is 1710. The van der Waals surface area contributed by atoms with Gasteiger partial charge < -0.3 is 19.9 Å². The van der Waals surface area contributed by atoms with Gasteiger partial charge in [-0.2, -0.15) is 0 Å². The fourth-order valence-corrected chi connectivity index (χ4v) is 5.28. The van der Waals surface area contributed by atoms with E-state index in [4.69, 9.17) is 4.74 Å². The average molecular weight is 577 g/mol. The fourth-order valence-electron chi connectivity index (χ4n) is 5.28. The highest BCUT2D eigenvalue weighted by molar-refractivity contribution is 5.99. The van der Waals surface area contributed by atoms with Crippen molar-refractivity contribution in [2.75, 3.05) is 29.9 Å². The number of aryl methyl sites for hydroxylation is 2. The Labute approximate surface area is 252 Å². The number of carbonyl (C=O) groups excluding carboxylic acids is 3. The molecule has 1 N–H and O–H groups in total. The SMILES string of the molecule is Cc1ccc2cccc(OCc3c(C)ccc(N(C)C(=O)CNC(=O)C=Cc4ccc(N5CCCC5=O)cc4)c3C)c2n1. The molecule has 0 aliphatic carbocycles. The number of likely N-dealkylation sites (N-methyl/N-ethyl adjacent to an activating group) is 1. The molecule has 0 spiro atoms. The first-order valence-electron chi connectivity index (χ1n) is 14.4. The zero-order valence-electron chi connectivity index (χ0n) is 25.0. The number of para-hydroxylation sites is 1. The lowest BCUT2D eigenvalue weighted by molar-refractivity contribution is -0.122. The number of nitrogens with one attached hydrogen (secondary N) is 1. The molecule has 8 nitrogen and oxygen atoms in total. The zero-order chi connectivity index (χ0) is 30.5. The third-order valence-electron chi connectivity index (χ3n) is 7.85. The summed E-state index contributed by atoms with van der Waals surface area (Å²) in [6.45, 7) is 6.88. The molecule has 1 saturated heterocycles. The lowest BCUT2D eigenvalue weighted by Crippen LogP contribution is -2.38. The molecule has 8 heteroatoms. The molecular formula is C35H36N4O4. The highest BCUT2D eigenvalue weighted by atomic mass is 16.5. The van der Waals surface area contributed by atoms with E-state index in [1.807, 2.05) is 87.5 Å². The summed E-state index contributed by atoms with van der Waals surface area (Å²) in [7, 11) is 1.71. The Kier molecular flexibility index (Phi) is 8.85. The van der Waals surface area contributed by atoms with Crippen LogP contribution in [0.1, 0.15) is 40.8 Å². The van der Waals surface area contributed by atoms with E-state index in [1.54, 1.807) is 22.9 Å². The third-order valence-corrected chi connectivity index (χ3v) is 7.85. The summed E-state index contributed by atoms with van der Waals surface area (Å²) in [5.74, 6) is 0.239. The minimum absolute atomic E-state index is 0.135. The summed E-state index contributed by atoms with van der Waals surface area (Å²) < 4.78 is 6.25. The first-order chi connectivity index (χ1) is 20.7. The van der Waals surface area contributed by atoms with Gasteiger partial charge in [0.05, 0.1) is 6.54 Å². The molecule has 0 bridgehead atoms. The van der Waals surface area contributed by atoms with Crippen molar-refractivity contribution in [1.82, 2.24) is 10.3 Å². The standard InChI is InChI=1S/C35H36N4O4/c1-23-10-18-30(25(3)29(23)22-43-31-8-5-7-27-15-11-24(2)37-35(27)31)38(4)34(42)21-36-32(40)19-14-26-12-16-28(17-13-26)39-20-6-9-33(39)41/h5,7-8,10-19H,6,9,20-22H2,1-4H3,(H,36,40). The largest absolute Gasteiger partial charge is 0.487 e. The molecule has 220 valence electrons. The molecule has 0 unspecified atom stereocenters. The van der Waals surface area contributed by atoms with Crippen LogP contribution in [0.5, 0.6) is 5.75 Å². The molecule has 1 fully saturated rings. The molecule has 0 saturated carbocycles. The van der Waals surface area contributed by atoms with Crippen molar-refractivity contribution in [1.29, 1.82) is 0 Å². The van der Waals surface area contributed by atoms with E-state index in [0.29, 0.717) is 18.8 Å². The molecule has 0 atom stereocenters. The quantitative estimate of drug-likeness (QED) is 0.260. The smallest absolute Gasteiger partial charge is 0.246 e. The van der Waals surface area contributed by atoms with Crippen molar-refractivity contribution in [3.63, 3.8) is 0 Å². The number of fused-ring (bicyclic) bond motifs is 1. The predicted molar refractivity (Wildman–Crippen MR) is 170 cm³/mol. The summed E-state index contributed by atoms with van der Waals surface area (Å²) in [5.41, 5.74) is 7.17. The Morgan fingerprint density at radius 1 is 1.02 bits per heavy atom. The number of anilines is 2. The van der Waals surface area contributed by atoms with Gasteiger partial charge in [0.2, 0.25) is 17.7 Å². The van der Waals surface area contributed by atoms with Crippen molar-refractivity contribution < 1.29 is 19.1 Å². The van der Waals surface area contributed by atoms with E-state index >= 15 is 0 Å². The van der Waals surface area contributed by atoms with Gasteiger partial charge in [-0.15, -0.1) is 0 Å². The first-order valence-corrected chi connectivity index (χ1v) is 14.4. The molecule has 3 amide bonds. The minimum atomic E-state index is -0.366. The molecule has 1 aliphatic rings. The first kappa shape index (κ1) is 29.5. The monoisotopic (exact) mass is 576 g/mol. The second-order valence-electron chi connectivity index (χ2n) is 10.8. The van der Waals surface area contributed by atoms with E-state index in [9.17, 15) is 14.4 Å². The van der Waals surface area contributed by atoms with Crippen molar-refractivity contribution in [3.05, 3.63) is 101 Å². The maximum atomic E-state index is 13.0. The maximum absolute atomic E-state index is 13.0. The molecular weight excluding hydrogens is 540 g/mol. The van der Waals surface area contributed by atoms with Gasteiger partial charge >= 0.3 is 0 Å². The molecule has 1 aromatic heterocycles. The van der Waals surface area contributed by atoms with Crippen LogP contribution in [0, 0.1) is 20.8 Å². The molecule has 5 rings (SSSR count). The second-order valence-corrected chi connectivity index (χ2v) is 10.8. The van der Waals surface area contributed by atoms with Crippen LogP contribution in [0.25, 0.3) is 17.0 Å². The summed E-state index contributed by atoms with van der Waals surface area (Å²) in [5, 5.41) is 3.69. The van der Waals surface area contributed by atoms with Gasteiger partial charge in [0.25, 0.3) is 0 Å². The molecule has 0 radical (unpaired) electrons. The maximum Gasteiger partial charge on any atom is 0.246 e. The van der Waals surface area contributed by atoms with Gasteiger partial charge in [-0.05, 0) is 85.9 Å². The van der Waals surface area contributed by atoms with Crippen LogP contribution in [0.3, 0.4) is 0 Å². The van der Waals surface area contributed by atoms with Crippen LogP contribution in [-0.2, 0) is 21.0 Å². The molecule has 3 aromatic carbocycles. The normalized spacial score (nSPS) is 13.1. The third kappa shape index (κ3) is 6.75. The Morgan fingerprint density at radius 3 is 2.56 bits per heavy atom. The van der Waals surface area contributed by atoms with Crippen LogP contribution < -0.4 is 19.9 Å². The number of hydrogen-bond donors (Lipinski definition) is 1. The molecule has 2 heterocycles. The van der Waals surface area contributed by atoms with Crippen molar-refractivity contribution in [2.45, 2.75) is 40.2 Å². The Hall–Kier alpha value is -4.98. The van der Waals surface area contributed by atoms with Crippen molar-refractivity contribution in [2.24, 2.45) is 0 Å². The van der Waals surface area contributed by atoms with Gasteiger partial charge in [-0.3, -0.25) is 14.4 Å². The number of nitrogens with zero attached hydrogens (tertiary/aromatic N) is 3. The number of hydrogen-bond acceptors (Lipinski definition) is 5. The van der Waals surface area contributed by atoms with E-state index < -0.39 is 0 Å². The number of amides is 3. The van der Waals surface area contributed by atoms with Crippen LogP contribution in [0.4, 0.5) is 11.4 Å². The minimum Gasteiger partial charge on any atom is -0.487 e. The van der Waals surface area contributed by atoms with Crippen LogP contribution >= 0.6 is 0 Å². The van der Waals surface area contributed by atoms with Crippen molar-refractivity contribution >= 4 is 46.1 Å². The van der Waals surface area contributed by atoms with E-state index in [1.165, 1.54) is 6.08 Å². The molecule has 1 aliphatic heterocycles. The van der Waals surface area contributed by atoms with Gasteiger partial charge in [-0.25, -0.2) is 4.98 Å². The van der Waals surface area contributed by atoms with E-state index in [2.05, 4.69) is 10.3 Å². The zero-order valence-corrected chi connectivity index (χ0v) is 25.0. The van der Waals surface area contributed by atoms with Gasteiger partial charge in [-0.1, -0.05) is 36.4 Å². The number of aromatic nitrogens is 1. The number of benzene rings is 3. The predicted octanol–water partition coefficient (Wildman–Crippen LogP) is 5.66. The fraction of sp³-hybridized carbons (Fsp3) is 0.257. The summed E-state index contributed by atoms with van der Waals surface area (Å²) in [6.07, 6.45) is 4.54. The number of pyridine rings is 1. The van der Waals surface area contributed by atoms with Crippen molar-refractivity contribution in [3.8, 4) is 5.75 Å². The lowest BCUT2D eigenvalue weighted by Gasteiger charge is -2.23. The number of rotatable bonds is 9. The number of carbonyl (C=O) groups is 3. The Morgan fingerprint density at radius 2 is 1.81 bits per heavy atom. The van der Waals surface area contributed by atoms with Gasteiger partial charge in [0.1, 0.15) is 17.9 Å². The highest BCUT2D eigenvalue weighted by Crippen LogP contribution is 2.29. The van der Waals surface area contributed by atoms with E-state index in [-0.39, 0.29) is 24.3 Å². The Balaban J connectivity index is 1.19. The molecule has 43 heavy (non-hydrogen) atoms. The van der Waals surface area contributed by atoms with E-state index in [0.717, 1.165) is 63.2 Å². The van der Waals surface area contributed by atoms with Crippen LogP contribution in [0.15, 0.2) is 72.8 Å². The average Bonchev–Trinajstić information content (AvgIpc) is 3.44. The van der Waals surface area contributed by atoms with Crippen LogP contribution in [-0.4, -0.2) is 42.8 Å². The summed E-state index contributed by atoms with van der Waals surface area (Å²) in [6, 6.07) is 21.3. The highest BCUT2D eigenvalue weighted by Gasteiger charge is 2.21. The topological polar surface area (TPSA) is 91.8 Å². The van der Waals surface area contributed by atoms with Gasteiger partial charge in [0, 0.05) is 48.5 Å². The lowest BCUT2D eigenvalue weighted by atomic mass is 10.0.